The molecule has 2 atom stereocenters. The van der Waals surface area contributed by atoms with Crippen LogP contribution in [0.3, 0.4) is 0 Å². The molecule has 3 rings (SSSR count). The van der Waals surface area contributed by atoms with Gasteiger partial charge in [0.15, 0.2) is 0 Å². The Bertz CT molecular complexity index is 392. The summed E-state index contributed by atoms with van der Waals surface area (Å²) >= 11 is 0. The fourth-order valence-corrected chi connectivity index (χ4v) is 2.23. The van der Waals surface area contributed by atoms with Gasteiger partial charge in [-0.25, -0.2) is 0 Å². The van der Waals surface area contributed by atoms with Crippen LogP contribution < -0.4 is 0 Å². The highest BCUT2D eigenvalue weighted by Crippen LogP contribution is 2.54. The first-order valence-electron chi connectivity index (χ1n) is 5.40. The molecule has 1 aromatic carbocycles. The highest BCUT2D eigenvalue weighted by Gasteiger charge is 2.39. The van der Waals surface area contributed by atoms with Crippen molar-refractivity contribution < 1.29 is 0 Å². The molecule has 1 heterocycles. The average molecular weight is 195 g/mol. The van der Waals surface area contributed by atoms with E-state index in [1.54, 1.807) is 0 Å². The number of hydrogen-bond donors (Lipinski definition) is 0. The summed E-state index contributed by atoms with van der Waals surface area (Å²) in [7, 11) is 0. The topological polar surface area (TPSA) is 12.9 Å². The van der Waals surface area contributed by atoms with E-state index in [0.29, 0.717) is 5.92 Å². The van der Waals surface area contributed by atoms with Gasteiger partial charge in [-0.3, -0.25) is 4.98 Å². The smallest absolute Gasteiger partial charge is 0.0302 e. The van der Waals surface area contributed by atoms with E-state index in [2.05, 4.69) is 41.4 Å². The second-order valence-corrected chi connectivity index (χ2v) is 4.15. The van der Waals surface area contributed by atoms with Crippen LogP contribution in [0.4, 0.5) is 0 Å². The lowest BCUT2D eigenvalue weighted by Gasteiger charge is -1.99. The molecular weight excluding hydrogens is 182 g/mol. The van der Waals surface area contributed by atoms with Crippen LogP contribution in [-0.4, -0.2) is 4.98 Å². The summed E-state index contributed by atoms with van der Waals surface area (Å²) in [6, 6.07) is 15.0. The summed E-state index contributed by atoms with van der Waals surface area (Å²) in [5.41, 5.74) is 2.85. The van der Waals surface area contributed by atoms with Gasteiger partial charge in [0.05, 0.1) is 0 Å². The van der Waals surface area contributed by atoms with Gasteiger partial charge in [0.1, 0.15) is 0 Å². The molecule has 0 bridgehead atoms. The van der Waals surface area contributed by atoms with Crippen LogP contribution in [0.15, 0.2) is 54.9 Å². The van der Waals surface area contributed by atoms with E-state index in [1.807, 2.05) is 18.5 Å². The first-order valence-corrected chi connectivity index (χ1v) is 5.40. The Morgan fingerprint density at radius 1 is 0.867 bits per heavy atom. The normalized spacial score (nSPS) is 23.7. The van der Waals surface area contributed by atoms with Crippen molar-refractivity contribution in [2.75, 3.05) is 0 Å². The van der Waals surface area contributed by atoms with Gasteiger partial charge in [-0.05, 0) is 35.4 Å². The maximum Gasteiger partial charge on any atom is 0.0302 e. The third-order valence-electron chi connectivity index (χ3n) is 3.13. The molecule has 0 unspecified atom stereocenters. The molecule has 1 heteroatoms. The predicted octanol–water partition coefficient (Wildman–Crippen LogP) is 3.35. The summed E-state index contributed by atoms with van der Waals surface area (Å²) in [4.78, 5) is 4.17. The van der Waals surface area contributed by atoms with Crippen molar-refractivity contribution in [3.63, 3.8) is 0 Å². The van der Waals surface area contributed by atoms with Gasteiger partial charge in [0.2, 0.25) is 0 Å². The van der Waals surface area contributed by atoms with Crippen molar-refractivity contribution in [1.29, 1.82) is 0 Å². The fourth-order valence-electron chi connectivity index (χ4n) is 2.23. The minimum atomic E-state index is 0.695. The standard InChI is InChI=1S/C14H13N/c1-2-5-11(6-3-1)13-9-14(13)12-7-4-8-15-10-12/h1-8,10,13-14H,9H2/t13-,14-/m0/s1. The predicted molar refractivity (Wildman–Crippen MR) is 60.8 cm³/mol. The third-order valence-corrected chi connectivity index (χ3v) is 3.13. The Kier molecular flexibility index (Phi) is 2.02. The molecule has 2 aromatic rings. The zero-order chi connectivity index (χ0) is 10.1. The molecule has 15 heavy (non-hydrogen) atoms. The average Bonchev–Trinajstić information content (AvgIpc) is 3.11. The molecule has 74 valence electrons. The lowest BCUT2D eigenvalue weighted by atomic mass is 10.1. The monoisotopic (exact) mass is 195 g/mol. The van der Waals surface area contributed by atoms with Gasteiger partial charge in [-0.15, -0.1) is 0 Å². The van der Waals surface area contributed by atoms with Crippen LogP contribution in [0.5, 0.6) is 0 Å². The highest BCUT2D eigenvalue weighted by molar-refractivity contribution is 5.34. The van der Waals surface area contributed by atoms with Crippen LogP contribution >= 0.6 is 0 Å². The maximum atomic E-state index is 4.17. The fraction of sp³-hybridized carbons (Fsp3) is 0.214. The lowest BCUT2D eigenvalue weighted by molar-refractivity contribution is 1.01. The van der Waals surface area contributed by atoms with E-state index in [4.69, 9.17) is 0 Å². The number of aromatic nitrogens is 1. The third kappa shape index (κ3) is 1.65. The zero-order valence-electron chi connectivity index (χ0n) is 8.51. The number of pyridine rings is 1. The number of benzene rings is 1. The van der Waals surface area contributed by atoms with Crippen molar-refractivity contribution in [3.8, 4) is 0 Å². The lowest BCUT2D eigenvalue weighted by Crippen LogP contribution is -1.84. The largest absolute Gasteiger partial charge is 0.264 e. The number of rotatable bonds is 2. The Balaban J connectivity index is 1.81. The van der Waals surface area contributed by atoms with Crippen molar-refractivity contribution in [2.45, 2.75) is 18.3 Å². The molecule has 1 aliphatic rings. The summed E-state index contributed by atoms with van der Waals surface area (Å²) in [5.74, 6) is 1.41. The molecule has 1 aliphatic carbocycles. The van der Waals surface area contributed by atoms with E-state index in [-0.39, 0.29) is 0 Å². The van der Waals surface area contributed by atoms with E-state index in [0.717, 1.165) is 5.92 Å². The molecule has 1 fully saturated rings. The molecule has 0 N–H and O–H groups in total. The summed E-state index contributed by atoms with van der Waals surface area (Å²) in [6.45, 7) is 0. The van der Waals surface area contributed by atoms with Crippen LogP contribution in [0.2, 0.25) is 0 Å². The van der Waals surface area contributed by atoms with E-state index < -0.39 is 0 Å². The second kappa shape index (κ2) is 3.50. The Morgan fingerprint density at radius 3 is 2.33 bits per heavy atom. The highest BCUT2D eigenvalue weighted by atomic mass is 14.6. The molecule has 0 amide bonds. The molecule has 1 saturated carbocycles. The van der Waals surface area contributed by atoms with E-state index >= 15 is 0 Å². The SMILES string of the molecule is c1ccc([C@@H]2C[C@H]2c2cccnc2)cc1. The molecule has 1 nitrogen and oxygen atoms in total. The van der Waals surface area contributed by atoms with Gasteiger partial charge in [-0.1, -0.05) is 36.4 Å². The number of hydrogen-bond acceptors (Lipinski definition) is 1. The van der Waals surface area contributed by atoms with Gasteiger partial charge < -0.3 is 0 Å². The molecule has 1 aromatic heterocycles. The Labute approximate surface area is 89.8 Å². The van der Waals surface area contributed by atoms with Crippen molar-refractivity contribution in [2.24, 2.45) is 0 Å². The summed E-state index contributed by atoms with van der Waals surface area (Å²) in [6.07, 6.45) is 5.10. The Hall–Kier alpha value is -1.63. The van der Waals surface area contributed by atoms with Crippen molar-refractivity contribution >= 4 is 0 Å². The van der Waals surface area contributed by atoms with E-state index in [1.165, 1.54) is 17.5 Å². The van der Waals surface area contributed by atoms with Gasteiger partial charge in [0.25, 0.3) is 0 Å². The maximum absolute atomic E-state index is 4.17. The zero-order valence-corrected chi connectivity index (χ0v) is 8.51. The van der Waals surface area contributed by atoms with Crippen molar-refractivity contribution in [1.82, 2.24) is 4.98 Å². The molecular formula is C14H13N. The van der Waals surface area contributed by atoms with Gasteiger partial charge in [0, 0.05) is 12.4 Å². The second-order valence-electron chi connectivity index (χ2n) is 4.15. The number of nitrogens with zero attached hydrogens (tertiary/aromatic N) is 1. The molecule has 0 radical (unpaired) electrons. The summed E-state index contributed by atoms with van der Waals surface area (Å²) < 4.78 is 0. The van der Waals surface area contributed by atoms with E-state index in [9.17, 15) is 0 Å². The van der Waals surface area contributed by atoms with Crippen LogP contribution in [0.1, 0.15) is 29.4 Å². The quantitative estimate of drug-likeness (QED) is 0.716. The van der Waals surface area contributed by atoms with Crippen LogP contribution in [0.25, 0.3) is 0 Å². The first kappa shape index (κ1) is 8.66. The van der Waals surface area contributed by atoms with Crippen LogP contribution in [-0.2, 0) is 0 Å². The minimum absolute atomic E-state index is 0.695. The Morgan fingerprint density at radius 2 is 1.60 bits per heavy atom. The van der Waals surface area contributed by atoms with Gasteiger partial charge in [-0.2, -0.15) is 0 Å². The molecule has 0 spiro atoms. The van der Waals surface area contributed by atoms with Crippen LogP contribution in [0, 0.1) is 0 Å². The molecule has 0 aliphatic heterocycles. The van der Waals surface area contributed by atoms with Crippen molar-refractivity contribution in [3.05, 3.63) is 66.0 Å². The van der Waals surface area contributed by atoms with Gasteiger partial charge >= 0.3 is 0 Å². The minimum Gasteiger partial charge on any atom is -0.264 e. The summed E-state index contributed by atoms with van der Waals surface area (Å²) in [5, 5.41) is 0. The first-order chi connectivity index (χ1) is 7.45. The molecule has 0 saturated heterocycles.